The third kappa shape index (κ3) is 2.41. The third-order valence-electron chi connectivity index (χ3n) is 3.01. The molecule has 0 amide bonds. The van der Waals surface area contributed by atoms with E-state index in [1.54, 1.807) is 20.3 Å². The summed E-state index contributed by atoms with van der Waals surface area (Å²) in [5, 5.41) is 0. The second-order valence-corrected chi connectivity index (χ2v) is 3.98. The minimum absolute atomic E-state index is 0.492. The van der Waals surface area contributed by atoms with Crippen molar-refractivity contribution in [1.29, 1.82) is 0 Å². The van der Waals surface area contributed by atoms with Crippen LogP contribution >= 0.6 is 0 Å². The van der Waals surface area contributed by atoms with Crippen LogP contribution in [0.1, 0.15) is 10.4 Å². The number of ether oxygens (including phenoxy) is 3. The first-order chi connectivity index (χ1) is 8.80. The molecule has 18 heavy (non-hydrogen) atoms. The molecule has 0 saturated carbocycles. The Balaban J connectivity index is 2.40. The lowest BCUT2D eigenvalue weighted by molar-refractivity contribution is 0.112. The molecule has 2 rings (SSSR count). The Kier molecular flexibility index (Phi) is 4.04. The van der Waals surface area contributed by atoms with Gasteiger partial charge in [0.15, 0.2) is 6.29 Å². The zero-order valence-electron chi connectivity index (χ0n) is 10.6. The lowest BCUT2D eigenvalue weighted by atomic mass is 10.1. The van der Waals surface area contributed by atoms with Crippen molar-refractivity contribution < 1.29 is 19.0 Å². The van der Waals surface area contributed by atoms with E-state index in [-0.39, 0.29) is 0 Å². The van der Waals surface area contributed by atoms with Gasteiger partial charge in [0.1, 0.15) is 11.5 Å². The predicted molar refractivity (Wildman–Crippen MR) is 68.0 cm³/mol. The van der Waals surface area contributed by atoms with E-state index in [0.717, 1.165) is 25.1 Å². The molecule has 0 N–H and O–H groups in total. The minimum Gasteiger partial charge on any atom is -0.496 e. The van der Waals surface area contributed by atoms with E-state index in [0.29, 0.717) is 30.3 Å². The van der Waals surface area contributed by atoms with Crippen LogP contribution in [0.15, 0.2) is 12.1 Å². The van der Waals surface area contributed by atoms with Crippen LogP contribution in [0.25, 0.3) is 0 Å². The van der Waals surface area contributed by atoms with Gasteiger partial charge in [0.05, 0.1) is 38.7 Å². The molecule has 0 spiro atoms. The summed E-state index contributed by atoms with van der Waals surface area (Å²) in [5.74, 6) is 1.24. The van der Waals surface area contributed by atoms with E-state index >= 15 is 0 Å². The minimum atomic E-state index is 0.492. The topological polar surface area (TPSA) is 48.0 Å². The number of rotatable bonds is 4. The van der Waals surface area contributed by atoms with Gasteiger partial charge >= 0.3 is 0 Å². The van der Waals surface area contributed by atoms with E-state index in [9.17, 15) is 4.79 Å². The summed E-state index contributed by atoms with van der Waals surface area (Å²) in [6.45, 7) is 3.00. The average Bonchev–Trinajstić information content (AvgIpc) is 2.46. The van der Waals surface area contributed by atoms with Gasteiger partial charge < -0.3 is 19.1 Å². The van der Waals surface area contributed by atoms with E-state index in [1.807, 2.05) is 6.07 Å². The van der Waals surface area contributed by atoms with E-state index in [4.69, 9.17) is 14.2 Å². The molecule has 1 aromatic rings. The predicted octanol–water partition coefficient (Wildman–Crippen LogP) is 1.35. The van der Waals surface area contributed by atoms with Crippen LogP contribution in [0, 0.1) is 0 Å². The summed E-state index contributed by atoms with van der Waals surface area (Å²) < 4.78 is 15.9. The van der Waals surface area contributed by atoms with Gasteiger partial charge in [-0.2, -0.15) is 0 Å². The van der Waals surface area contributed by atoms with Crippen LogP contribution in [0.4, 0.5) is 5.69 Å². The van der Waals surface area contributed by atoms with Crippen LogP contribution in [0.3, 0.4) is 0 Å². The summed E-state index contributed by atoms with van der Waals surface area (Å²) >= 11 is 0. The zero-order chi connectivity index (χ0) is 13.0. The number of hydrogen-bond acceptors (Lipinski definition) is 5. The van der Waals surface area contributed by atoms with Gasteiger partial charge in [-0.3, -0.25) is 4.79 Å². The van der Waals surface area contributed by atoms with Crippen molar-refractivity contribution >= 4 is 12.0 Å². The first-order valence-corrected chi connectivity index (χ1v) is 5.84. The number of carbonyl (C=O) groups is 1. The van der Waals surface area contributed by atoms with E-state index < -0.39 is 0 Å². The molecule has 5 heteroatoms. The standard InChI is InChI=1S/C13H17NO4/c1-16-12-8-11(14-3-5-18-6-4-14)13(17-2)7-10(12)9-15/h7-9H,3-6H2,1-2H3. The maximum absolute atomic E-state index is 11.0. The molecule has 0 aromatic heterocycles. The molecular formula is C13H17NO4. The van der Waals surface area contributed by atoms with Crippen molar-refractivity contribution in [3.8, 4) is 11.5 Å². The average molecular weight is 251 g/mol. The van der Waals surface area contributed by atoms with Crippen molar-refractivity contribution in [2.75, 3.05) is 45.4 Å². The molecule has 0 radical (unpaired) electrons. The summed E-state index contributed by atoms with van der Waals surface area (Å²) in [6.07, 6.45) is 0.768. The van der Waals surface area contributed by atoms with Crippen molar-refractivity contribution in [1.82, 2.24) is 0 Å². The number of aldehydes is 1. The first kappa shape index (κ1) is 12.7. The molecule has 0 aliphatic carbocycles. The van der Waals surface area contributed by atoms with Gasteiger partial charge in [-0.1, -0.05) is 0 Å². The van der Waals surface area contributed by atoms with Gasteiger partial charge in [0.2, 0.25) is 0 Å². The van der Waals surface area contributed by atoms with E-state index in [2.05, 4.69) is 4.90 Å². The Morgan fingerprint density at radius 1 is 1.17 bits per heavy atom. The number of anilines is 1. The number of hydrogen-bond donors (Lipinski definition) is 0. The van der Waals surface area contributed by atoms with Gasteiger partial charge in [-0.15, -0.1) is 0 Å². The molecule has 1 aromatic carbocycles. The fourth-order valence-corrected chi connectivity index (χ4v) is 2.05. The quantitative estimate of drug-likeness (QED) is 0.756. The lowest BCUT2D eigenvalue weighted by Crippen LogP contribution is -2.36. The Bertz CT molecular complexity index is 427. The molecule has 0 unspecified atom stereocenters. The Morgan fingerprint density at radius 3 is 2.39 bits per heavy atom. The number of nitrogens with zero attached hydrogens (tertiary/aromatic N) is 1. The maximum Gasteiger partial charge on any atom is 0.153 e. The largest absolute Gasteiger partial charge is 0.496 e. The van der Waals surface area contributed by atoms with Gasteiger partial charge in [-0.25, -0.2) is 0 Å². The summed E-state index contributed by atoms with van der Waals surface area (Å²) in [7, 11) is 3.15. The number of morpholine rings is 1. The summed E-state index contributed by atoms with van der Waals surface area (Å²) in [5.41, 5.74) is 1.43. The molecular weight excluding hydrogens is 234 g/mol. The summed E-state index contributed by atoms with van der Waals surface area (Å²) in [6, 6.07) is 3.55. The van der Waals surface area contributed by atoms with Crippen LogP contribution in [0.5, 0.6) is 11.5 Å². The smallest absolute Gasteiger partial charge is 0.153 e. The van der Waals surface area contributed by atoms with Crippen molar-refractivity contribution in [2.45, 2.75) is 0 Å². The fourth-order valence-electron chi connectivity index (χ4n) is 2.05. The van der Waals surface area contributed by atoms with E-state index in [1.165, 1.54) is 0 Å². The number of benzene rings is 1. The molecule has 5 nitrogen and oxygen atoms in total. The second kappa shape index (κ2) is 5.73. The second-order valence-electron chi connectivity index (χ2n) is 3.98. The highest BCUT2D eigenvalue weighted by Gasteiger charge is 2.18. The molecule has 1 aliphatic rings. The molecule has 1 aliphatic heterocycles. The maximum atomic E-state index is 11.0. The van der Waals surface area contributed by atoms with Crippen LogP contribution in [-0.4, -0.2) is 46.8 Å². The highest BCUT2D eigenvalue weighted by molar-refractivity contribution is 5.83. The highest BCUT2D eigenvalue weighted by Crippen LogP contribution is 2.35. The molecule has 0 bridgehead atoms. The first-order valence-electron chi connectivity index (χ1n) is 5.84. The molecule has 98 valence electrons. The highest BCUT2D eigenvalue weighted by atomic mass is 16.5. The zero-order valence-corrected chi connectivity index (χ0v) is 10.6. The monoisotopic (exact) mass is 251 g/mol. The SMILES string of the molecule is COc1cc(N2CCOCC2)c(OC)cc1C=O. The van der Waals surface area contributed by atoms with Crippen molar-refractivity contribution in [3.63, 3.8) is 0 Å². The van der Waals surface area contributed by atoms with Crippen molar-refractivity contribution in [3.05, 3.63) is 17.7 Å². The summed E-state index contributed by atoms with van der Waals surface area (Å²) in [4.78, 5) is 13.1. The van der Waals surface area contributed by atoms with Gasteiger partial charge in [-0.05, 0) is 6.07 Å². The Labute approximate surface area is 106 Å². The van der Waals surface area contributed by atoms with Crippen LogP contribution in [0.2, 0.25) is 0 Å². The Hall–Kier alpha value is -1.75. The van der Waals surface area contributed by atoms with Crippen LogP contribution < -0.4 is 14.4 Å². The number of methoxy groups -OCH3 is 2. The number of carbonyl (C=O) groups excluding carboxylic acids is 1. The van der Waals surface area contributed by atoms with Gasteiger partial charge in [0.25, 0.3) is 0 Å². The Morgan fingerprint density at radius 2 is 1.83 bits per heavy atom. The van der Waals surface area contributed by atoms with Gasteiger partial charge in [0, 0.05) is 19.2 Å². The fraction of sp³-hybridized carbons (Fsp3) is 0.462. The third-order valence-corrected chi connectivity index (χ3v) is 3.01. The lowest BCUT2D eigenvalue weighted by Gasteiger charge is -2.30. The molecule has 0 atom stereocenters. The normalized spacial score (nSPS) is 15.3. The molecule has 1 saturated heterocycles. The van der Waals surface area contributed by atoms with Crippen LogP contribution in [-0.2, 0) is 4.74 Å². The molecule has 1 heterocycles. The molecule has 1 fully saturated rings. The van der Waals surface area contributed by atoms with Crippen molar-refractivity contribution in [2.24, 2.45) is 0 Å².